The predicted octanol–water partition coefficient (Wildman–Crippen LogP) is 4.54. The molecule has 0 saturated carbocycles. The fourth-order valence-corrected chi connectivity index (χ4v) is 3.58. The second kappa shape index (κ2) is 9.14. The van der Waals surface area contributed by atoms with Crippen LogP contribution in [0, 0.1) is 13.8 Å². The Morgan fingerprint density at radius 1 is 1.13 bits per heavy atom. The Kier molecular flexibility index (Phi) is 6.13. The Hall–Kier alpha value is -3.45. The average molecular weight is 436 g/mol. The summed E-state index contributed by atoms with van der Waals surface area (Å²) in [5, 5.41) is 7.78. The number of hydrogen-bond donors (Lipinski definition) is 1. The lowest BCUT2D eigenvalue weighted by Gasteiger charge is -2.11. The minimum atomic E-state index is -0.0674. The molecule has 2 aromatic heterocycles. The van der Waals surface area contributed by atoms with Gasteiger partial charge in [-0.15, -0.1) is 0 Å². The van der Waals surface area contributed by atoms with Gasteiger partial charge in [-0.2, -0.15) is 10.1 Å². The summed E-state index contributed by atoms with van der Waals surface area (Å²) in [4.78, 5) is 21.0. The molecule has 0 aliphatic carbocycles. The molecule has 0 atom stereocenters. The first-order valence-corrected chi connectivity index (χ1v) is 10.3. The molecule has 0 spiro atoms. The summed E-state index contributed by atoms with van der Waals surface area (Å²) < 4.78 is 7.47. The number of aromatic nitrogens is 4. The molecule has 0 aliphatic rings. The van der Waals surface area contributed by atoms with Gasteiger partial charge in [0.05, 0.1) is 0 Å². The predicted molar refractivity (Wildman–Crippen MR) is 119 cm³/mol. The molecule has 8 heteroatoms. The molecule has 4 rings (SSSR count). The number of carbonyl (C=O) groups excluding carboxylic acids is 1. The summed E-state index contributed by atoms with van der Waals surface area (Å²) in [7, 11) is 0. The van der Waals surface area contributed by atoms with E-state index in [1.807, 2.05) is 62.4 Å². The molecule has 31 heavy (non-hydrogen) atoms. The summed E-state index contributed by atoms with van der Waals surface area (Å²) >= 11 is 6.15. The fraction of sp³-hybridized carbons (Fsp3) is 0.217. The quantitative estimate of drug-likeness (QED) is 0.460. The smallest absolute Gasteiger partial charge is 0.252 e. The van der Waals surface area contributed by atoms with E-state index in [1.54, 1.807) is 4.52 Å². The highest BCUT2D eigenvalue weighted by molar-refractivity contribution is 6.31. The van der Waals surface area contributed by atoms with Crippen molar-refractivity contribution in [3.8, 4) is 5.75 Å². The molecule has 0 radical (unpaired) electrons. The first kappa shape index (κ1) is 20.8. The number of benzene rings is 2. The molecule has 0 bridgehead atoms. The molecular weight excluding hydrogens is 414 g/mol. The van der Waals surface area contributed by atoms with Crippen molar-refractivity contribution in [3.63, 3.8) is 0 Å². The minimum absolute atomic E-state index is 0.0674. The van der Waals surface area contributed by atoms with Crippen LogP contribution in [0.15, 0.2) is 54.9 Å². The number of rotatable bonds is 7. The Morgan fingerprint density at radius 2 is 1.90 bits per heavy atom. The zero-order chi connectivity index (χ0) is 21.8. The molecule has 0 saturated heterocycles. The van der Waals surface area contributed by atoms with Crippen LogP contribution in [-0.2, 0) is 17.8 Å². The van der Waals surface area contributed by atoms with Crippen LogP contribution in [0.25, 0.3) is 5.78 Å². The summed E-state index contributed by atoms with van der Waals surface area (Å²) in [6.07, 6.45) is 2.40. The van der Waals surface area contributed by atoms with Crippen molar-refractivity contribution in [2.45, 2.75) is 33.3 Å². The van der Waals surface area contributed by atoms with Crippen LogP contribution in [0.4, 0.5) is 5.69 Å². The van der Waals surface area contributed by atoms with E-state index < -0.39 is 0 Å². The molecule has 7 nitrogen and oxygen atoms in total. The maximum Gasteiger partial charge on any atom is 0.252 e. The molecule has 1 N–H and O–H groups in total. The van der Waals surface area contributed by atoms with Crippen LogP contribution in [0.1, 0.15) is 28.9 Å². The van der Waals surface area contributed by atoms with Gasteiger partial charge in [-0.25, -0.2) is 9.50 Å². The molecule has 0 aliphatic heterocycles. The molecule has 2 aromatic carbocycles. The third kappa shape index (κ3) is 4.83. The lowest BCUT2D eigenvalue weighted by molar-refractivity contribution is -0.116. The van der Waals surface area contributed by atoms with Gasteiger partial charge in [0, 0.05) is 34.1 Å². The third-order valence-corrected chi connectivity index (χ3v) is 5.45. The van der Waals surface area contributed by atoms with Crippen LogP contribution < -0.4 is 10.1 Å². The Balaban J connectivity index is 1.32. The lowest BCUT2D eigenvalue weighted by atomic mass is 10.1. The second-order valence-electron chi connectivity index (χ2n) is 7.19. The number of ether oxygens (including phenoxy) is 1. The van der Waals surface area contributed by atoms with Crippen molar-refractivity contribution >= 4 is 29.0 Å². The van der Waals surface area contributed by atoms with E-state index in [2.05, 4.69) is 20.4 Å². The summed E-state index contributed by atoms with van der Waals surface area (Å²) in [6.45, 7) is 4.27. The molecule has 2 heterocycles. The van der Waals surface area contributed by atoms with Crippen LogP contribution >= 0.6 is 11.6 Å². The van der Waals surface area contributed by atoms with Gasteiger partial charge >= 0.3 is 0 Å². The highest BCUT2D eigenvalue weighted by Crippen LogP contribution is 2.21. The molecule has 4 aromatic rings. The largest absolute Gasteiger partial charge is 0.489 e. The van der Waals surface area contributed by atoms with Crippen LogP contribution in [0.2, 0.25) is 5.02 Å². The van der Waals surface area contributed by atoms with E-state index in [1.165, 1.54) is 6.33 Å². The number of anilines is 1. The maximum absolute atomic E-state index is 12.4. The fourth-order valence-electron chi connectivity index (χ4n) is 3.39. The van der Waals surface area contributed by atoms with Gasteiger partial charge in [-0.05, 0) is 56.2 Å². The SMILES string of the molecule is Cc1nc2ncnn2c(C)c1CCC(=O)Nc1ccc(OCc2ccccc2Cl)cc1. The van der Waals surface area contributed by atoms with Gasteiger partial charge in [0.2, 0.25) is 5.91 Å². The Morgan fingerprint density at radius 3 is 2.68 bits per heavy atom. The van der Waals surface area contributed by atoms with E-state index in [4.69, 9.17) is 16.3 Å². The van der Waals surface area contributed by atoms with Crippen LogP contribution in [0.5, 0.6) is 5.75 Å². The van der Waals surface area contributed by atoms with E-state index >= 15 is 0 Å². The first-order valence-electron chi connectivity index (χ1n) is 9.93. The van der Waals surface area contributed by atoms with E-state index in [0.717, 1.165) is 22.5 Å². The number of hydrogen-bond acceptors (Lipinski definition) is 5. The standard InChI is InChI=1S/C23H22ClN5O2/c1-15-20(16(2)29-23(27-15)25-14-26-29)11-12-22(30)28-18-7-9-19(10-8-18)31-13-17-5-3-4-6-21(17)24/h3-10,14H,11-13H2,1-2H3,(H,28,30). The zero-order valence-electron chi connectivity index (χ0n) is 17.3. The van der Waals surface area contributed by atoms with Crippen LogP contribution in [-0.4, -0.2) is 25.5 Å². The van der Waals surface area contributed by atoms with E-state index in [9.17, 15) is 4.79 Å². The molecule has 158 valence electrons. The second-order valence-corrected chi connectivity index (χ2v) is 7.59. The highest BCUT2D eigenvalue weighted by Gasteiger charge is 2.13. The third-order valence-electron chi connectivity index (χ3n) is 5.08. The lowest BCUT2D eigenvalue weighted by Crippen LogP contribution is -2.14. The first-order chi connectivity index (χ1) is 15.0. The van der Waals surface area contributed by atoms with E-state index in [-0.39, 0.29) is 5.91 Å². The number of fused-ring (bicyclic) bond motifs is 1. The summed E-state index contributed by atoms with van der Waals surface area (Å²) in [5.74, 6) is 1.21. The highest BCUT2D eigenvalue weighted by atomic mass is 35.5. The van der Waals surface area contributed by atoms with Gasteiger partial charge in [0.15, 0.2) is 0 Å². The topological polar surface area (TPSA) is 81.4 Å². The minimum Gasteiger partial charge on any atom is -0.489 e. The van der Waals surface area contributed by atoms with E-state index in [0.29, 0.717) is 41.7 Å². The van der Waals surface area contributed by atoms with Crippen molar-refractivity contribution < 1.29 is 9.53 Å². The normalized spacial score (nSPS) is 10.9. The average Bonchev–Trinajstić information content (AvgIpc) is 3.22. The van der Waals surface area contributed by atoms with Gasteiger partial charge in [0.1, 0.15) is 18.7 Å². The van der Waals surface area contributed by atoms with Crippen LogP contribution in [0.3, 0.4) is 0 Å². The van der Waals surface area contributed by atoms with Gasteiger partial charge < -0.3 is 10.1 Å². The number of nitrogens with zero attached hydrogens (tertiary/aromatic N) is 4. The maximum atomic E-state index is 12.4. The van der Waals surface area contributed by atoms with Gasteiger partial charge in [-0.3, -0.25) is 4.79 Å². The number of aryl methyl sites for hydroxylation is 2. The summed E-state index contributed by atoms with van der Waals surface area (Å²) in [6, 6.07) is 14.9. The Labute approximate surface area is 185 Å². The van der Waals surface area contributed by atoms with Crippen molar-refractivity contribution in [1.82, 2.24) is 19.6 Å². The van der Waals surface area contributed by atoms with Crippen molar-refractivity contribution in [3.05, 3.63) is 82.4 Å². The van der Waals surface area contributed by atoms with Gasteiger partial charge in [-0.1, -0.05) is 29.8 Å². The number of carbonyl (C=O) groups is 1. The van der Waals surface area contributed by atoms with Gasteiger partial charge in [0.25, 0.3) is 5.78 Å². The molecule has 1 amide bonds. The monoisotopic (exact) mass is 435 g/mol. The Bertz CT molecular complexity index is 1220. The molecule has 0 fully saturated rings. The van der Waals surface area contributed by atoms with Crippen molar-refractivity contribution in [2.75, 3.05) is 5.32 Å². The molecular formula is C23H22ClN5O2. The number of amides is 1. The van der Waals surface area contributed by atoms with Crippen molar-refractivity contribution in [2.24, 2.45) is 0 Å². The summed E-state index contributed by atoms with van der Waals surface area (Å²) in [5.41, 5.74) is 4.47. The zero-order valence-corrected chi connectivity index (χ0v) is 18.1. The molecule has 0 unspecified atom stereocenters. The number of nitrogens with one attached hydrogen (secondary N) is 1. The van der Waals surface area contributed by atoms with Crippen molar-refractivity contribution in [1.29, 1.82) is 0 Å². The number of halogens is 1.